The molecule has 5 heteroatoms. The first-order valence-corrected chi connectivity index (χ1v) is 10.5. The second kappa shape index (κ2) is 7.98. The number of amides is 2. The van der Waals surface area contributed by atoms with Gasteiger partial charge in [-0.1, -0.05) is 36.8 Å². The number of imide groups is 1. The van der Waals surface area contributed by atoms with Crippen molar-refractivity contribution in [3.05, 3.63) is 64.9 Å². The third kappa shape index (κ3) is 3.49. The monoisotopic (exact) mass is 404 g/mol. The van der Waals surface area contributed by atoms with Crippen molar-refractivity contribution < 1.29 is 14.3 Å². The largest absolute Gasteiger partial charge is 0.497 e. The summed E-state index contributed by atoms with van der Waals surface area (Å²) in [6.07, 6.45) is 2.16. The number of benzene rings is 2. The molecule has 4 rings (SSSR count). The summed E-state index contributed by atoms with van der Waals surface area (Å²) < 4.78 is 5.27. The number of hydrogen-bond donors (Lipinski definition) is 0. The summed E-state index contributed by atoms with van der Waals surface area (Å²) >= 11 is 0. The number of anilines is 1. The van der Waals surface area contributed by atoms with Crippen LogP contribution >= 0.6 is 0 Å². The summed E-state index contributed by atoms with van der Waals surface area (Å²) in [5, 5.41) is 0. The Morgan fingerprint density at radius 3 is 2.37 bits per heavy atom. The number of ether oxygens (including phenoxy) is 1. The first kappa shape index (κ1) is 20.2. The van der Waals surface area contributed by atoms with Gasteiger partial charge in [0.25, 0.3) is 11.8 Å². The zero-order chi connectivity index (χ0) is 21.4. The highest BCUT2D eigenvalue weighted by atomic mass is 16.5. The summed E-state index contributed by atoms with van der Waals surface area (Å²) in [6.45, 7) is 7.72. The van der Waals surface area contributed by atoms with E-state index in [1.807, 2.05) is 56.3 Å². The van der Waals surface area contributed by atoms with Crippen LogP contribution in [0.15, 0.2) is 48.2 Å². The molecule has 1 fully saturated rings. The Morgan fingerprint density at radius 1 is 1.00 bits per heavy atom. The molecule has 0 bridgehead atoms. The lowest BCUT2D eigenvalue weighted by Crippen LogP contribution is -2.39. The maximum Gasteiger partial charge on any atom is 0.282 e. The highest BCUT2D eigenvalue weighted by Gasteiger charge is 2.43. The Bertz CT molecular complexity index is 1020. The van der Waals surface area contributed by atoms with Gasteiger partial charge in [-0.25, -0.2) is 4.90 Å². The van der Waals surface area contributed by atoms with Crippen LogP contribution in [0.5, 0.6) is 5.75 Å². The lowest BCUT2D eigenvalue weighted by Gasteiger charge is -2.33. The van der Waals surface area contributed by atoms with Crippen LogP contribution in [-0.4, -0.2) is 36.9 Å². The van der Waals surface area contributed by atoms with Gasteiger partial charge >= 0.3 is 0 Å². The number of methoxy groups -OCH3 is 1. The molecule has 0 spiro atoms. The number of piperidine rings is 1. The van der Waals surface area contributed by atoms with E-state index >= 15 is 0 Å². The Hall–Kier alpha value is -3.08. The summed E-state index contributed by atoms with van der Waals surface area (Å²) in [7, 11) is 1.61. The van der Waals surface area contributed by atoms with Crippen molar-refractivity contribution in [1.29, 1.82) is 0 Å². The predicted molar refractivity (Wildman–Crippen MR) is 118 cm³/mol. The molecule has 1 atom stereocenters. The molecule has 2 aliphatic rings. The van der Waals surface area contributed by atoms with Crippen LogP contribution < -0.4 is 9.64 Å². The highest BCUT2D eigenvalue weighted by molar-refractivity contribution is 6.45. The van der Waals surface area contributed by atoms with E-state index in [1.54, 1.807) is 7.11 Å². The maximum absolute atomic E-state index is 13.6. The van der Waals surface area contributed by atoms with E-state index < -0.39 is 0 Å². The van der Waals surface area contributed by atoms with Crippen LogP contribution in [0.1, 0.15) is 36.5 Å². The van der Waals surface area contributed by atoms with Crippen LogP contribution in [0, 0.1) is 19.8 Å². The Balaban J connectivity index is 1.83. The molecular weight excluding hydrogens is 376 g/mol. The number of aryl methyl sites for hydroxylation is 2. The van der Waals surface area contributed by atoms with Crippen molar-refractivity contribution in [2.24, 2.45) is 5.92 Å². The van der Waals surface area contributed by atoms with E-state index in [4.69, 9.17) is 4.74 Å². The first-order chi connectivity index (χ1) is 14.4. The van der Waals surface area contributed by atoms with Gasteiger partial charge in [-0.2, -0.15) is 0 Å². The number of carbonyl (C=O) groups excluding carboxylic acids is 2. The zero-order valence-electron chi connectivity index (χ0n) is 18.1. The van der Waals surface area contributed by atoms with Gasteiger partial charge in [0.1, 0.15) is 11.4 Å². The van der Waals surface area contributed by atoms with E-state index in [-0.39, 0.29) is 11.8 Å². The molecule has 2 amide bonds. The molecule has 30 heavy (non-hydrogen) atoms. The van der Waals surface area contributed by atoms with Crippen molar-refractivity contribution in [2.45, 2.75) is 33.6 Å². The van der Waals surface area contributed by atoms with Gasteiger partial charge in [-0.3, -0.25) is 9.59 Å². The van der Waals surface area contributed by atoms with E-state index in [0.29, 0.717) is 22.9 Å². The van der Waals surface area contributed by atoms with Crippen LogP contribution in [0.4, 0.5) is 5.69 Å². The minimum absolute atomic E-state index is 0.230. The molecule has 1 saturated heterocycles. The van der Waals surface area contributed by atoms with Gasteiger partial charge < -0.3 is 9.64 Å². The van der Waals surface area contributed by atoms with Gasteiger partial charge in [0.15, 0.2) is 0 Å². The fourth-order valence-corrected chi connectivity index (χ4v) is 4.50. The van der Waals surface area contributed by atoms with Crippen molar-refractivity contribution >= 4 is 23.1 Å². The molecule has 2 aliphatic heterocycles. The van der Waals surface area contributed by atoms with E-state index in [1.165, 1.54) is 4.90 Å². The SMILES string of the molecule is COc1ccc(C2=C(N3CCCC(C)C3)C(=O)N(c3ccc(C)cc3C)C2=O)cc1. The molecule has 5 nitrogen and oxygen atoms in total. The highest BCUT2D eigenvalue weighted by Crippen LogP contribution is 2.38. The molecule has 156 valence electrons. The van der Waals surface area contributed by atoms with Crippen molar-refractivity contribution in [2.75, 3.05) is 25.1 Å². The van der Waals surface area contributed by atoms with Crippen molar-refractivity contribution in [3.8, 4) is 5.75 Å². The standard InChI is InChI=1S/C25H28N2O3/c1-16-7-12-21(18(3)14-16)27-24(28)22(19-8-10-20(30-4)11-9-19)23(25(27)29)26-13-5-6-17(2)15-26/h7-12,14,17H,5-6,13,15H2,1-4H3. The van der Waals surface area contributed by atoms with Crippen LogP contribution in [-0.2, 0) is 9.59 Å². The minimum atomic E-state index is -0.259. The molecule has 2 aromatic rings. The molecule has 0 radical (unpaired) electrons. The van der Waals surface area contributed by atoms with Crippen molar-refractivity contribution in [1.82, 2.24) is 4.90 Å². The van der Waals surface area contributed by atoms with Crippen LogP contribution in [0.25, 0.3) is 5.57 Å². The lowest BCUT2D eigenvalue weighted by atomic mass is 9.98. The molecular formula is C25H28N2O3. The summed E-state index contributed by atoms with van der Waals surface area (Å²) in [4.78, 5) is 30.7. The number of nitrogens with zero attached hydrogens (tertiary/aromatic N) is 2. The third-order valence-corrected chi connectivity index (χ3v) is 6.00. The normalized spacial score (nSPS) is 19.7. The molecule has 0 aliphatic carbocycles. The fourth-order valence-electron chi connectivity index (χ4n) is 4.50. The Morgan fingerprint density at radius 2 is 1.73 bits per heavy atom. The van der Waals surface area contributed by atoms with Gasteiger partial charge in [0.05, 0.1) is 18.4 Å². The molecule has 0 saturated carbocycles. The smallest absolute Gasteiger partial charge is 0.282 e. The lowest BCUT2D eigenvalue weighted by molar-refractivity contribution is -0.120. The van der Waals surface area contributed by atoms with Crippen LogP contribution in [0.3, 0.4) is 0 Å². The number of rotatable bonds is 4. The van der Waals surface area contributed by atoms with E-state index in [9.17, 15) is 9.59 Å². The average Bonchev–Trinajstić information content (AvgIpc) is 2.98. The van der Waals surface area contributed by atoms with Gasteiger partial charge in [-0.05, 0) is 61.9 Å². The first-order valence-electron chi connectivity index (χ1n) is 10.5. The predicted octanol–water partition coefficient (Wildman–Crippen LogP) is 4.33. The second-order valence-electron chi connectivity index (χ2n) is 8.38. The second-order valence-corrected chi connectivity index (χ2v) is 8.38. The maximum atomic E-state index is 13.6. The molecule has 0 N–H and O–H groups in total. The number of carbonyl (C=O) groups is 2. The fraction of sp³-hybridized carbons (Fsp3) is 0.360. The third-order valence-electron chi connectivity index (χ3n) is 6.00. The van der Waals surface area contributed by atoms with Gasteiger partial charge in [0.2, 0.25) is 0 Å². The van der Waals surface area contributed by atoms with Crippen molar-refractivity contribution in [3.63, 3.8) is 0 Å². The van der Waals surface area contributed by atoms with Gasteiger partial charge in [0, 0.05) is 13.1 Å². The quantitative estimate of drug-likeness (QED) is 0.712. The topological polar surface area (TPSA) is 49.9 Å². The Kier molecular flexibility index (Phi) is 5.37. The molecule has 0 aromatic heterocycles. The van der Waals surface area contributed by atoms with Gasteiger partial charge in [-0.15, -0.1) is 0 Å². The van der Waals surface area contributed by atoms with Crippen LogP contribution in [0.2, 0.25) is 0 Å². The number of hydrogen-bond acceptors (Lipinski definition) is 4. The van der Waals surface area contributed by atoms with E-state index in [2.05, 4.69) is 11.8 Å². The molecule has 2 aromatic carbocycles. The minimum Gasteiger partial charge on any atom is -0.497 e. The molecule has 2 heterocycles. The number of likely N-dealkylation sites (tertiary alicyclic amines) is 1. The summed E-state index contributed by atoms with van der Waals surface area (Å²) in [6, 6.07) is 13.2. The molecule has 1 unspecified atom stereocenters. The summed E-state index contributed by atoms with van der Waals surface area (Å²) in [5.41, 5.74) is 4.42. The van der Waals surface area contributed by atoms with E-state index in [0.717, 1.165) is 48.4 Å². The Labute approximate surface area is 177 Å². The average molecular weight is 405 g/mol. The zero-order valence-corrected chi connectivity index (χ0v) is 18.1. The summed E-state index contributed by atoms with van der Waals surface area (Å²) in [5.74, 6) is 0.717.